The van der Waals surface area contributed by atoms with E-state index in [0.29, 0.717) is 5.88 Å². The van der Waals surface area contributed by atoms with Gasteiger partial charge in [0.15, 0.2) is 12.7 Å². The first kappa shape index (κ1) is 31.5. The Balaban J connectivity index is -0.00000192. The number of hydrogen-bond donors (Lipinski definition) is 0. The number of halogens is 3. The third-order valence-electron chi connectivity index (χ3n) is 4.33. The summed E-state index contributed by atoms with van der Waals surface area (Å²) in [6, 6.07) is 3.96. The first-order valence-electron chi connectivity index (χ1n) is 9.52. The summed E-state index contributed by atoms with van der Waals surface area (Å²) in [6.07, 6.45) is 16.4. The molecule has 0 aromatic carbocycles. The summed E-state index contributed by atoms with van der Waals surface area (Å²) in [5, 5.41) is 0. The van der Waals surface area contributed by atoms with Crippen molar-refractivity contribution in [3.8, 4) is 5.88 Å². The summed E-state index contributed by atoms with van der Waals surface area (Å²) >= 11 is 0. The molecule has 0 saturated heterocycles. The minimum absolute atomic E-state index is 0. The molecule has 27 heavy (non-hydrogen) atoms. The van der Waals surface area contributed by atoms with E-state index >= 15 is 0 Å². The van der Waals surface area contributed by atoms with Crippen molar-refractivity contribution in [3.63, 3.8) is 0 Å². The number of ether oxygens (including phenoxy) is 1. The van der Waals surface area contributed by atoms with Gasteiger partial charge in [-0.1, -0.05) is 64.9 Å². The molecule has 3 nitrogen and oxygen atoms in total. The van der Waals surface area contributed by atoms with Crippen LogP contribution in [0.25, 0.3) is 0 Å². The summed E-state index contributed by atoms with van der Waals surface area (Å²) in [4.78, 5) is 11.5. The second-order valence-electron chi connectivity index (χ2n) is 6.50. The number of aromatic nitrogens is 1. The van der Waals surface area contributed by atoms with Gasteiger partial charge in [0.2, 0.25) is 0 Å². The lowest BCUT2D eigenvalue weighted by Crippen LogP contribution is -2.37. The van der Waals surface area contributed by atoms with Crippen LogP contribution in [-0.4, -0.2) is 5.97 Å². The van der Waals surface area contributed by atoms with Gasteiger partial charge in [0, 0.05) is 18.6 Å². The molecule has 0 atom stereocenters. The second-order valence-corrected chi connectivity index (χ2v) is 6.50. The van der Waals surface area contributed by atoms with Crippen LogP contribution in [0.4, 0.5) is 0 Å². The lowest BCUT2D eigenvalue weighted by molar-refractivity contribution is -0.701. The average molecular weight is 575 g/mol. The highest BCUT2D eigenvalue weighted by Gasteiger charge is 2.17. The maximum Gasteiger partial charge on any atom is 0.378 e. The number of hydrogen-bond acceptors (Lipinski definition) is 2. The average Bonchev–Trinajstić information content (AvgIpc) is 2.59. The molecule has 0 spiro atoms. The van der Waals surface area contributed by atoms with E-state index in [0.717, 1.165) is 18.5 Å². The zero-order valence-corrected chi connectivity index (χ0v) is 21.9. The quantitative estimate of drug-likeness (QED) is 0.110. The van der Waals surface area contributed by atoms with E-state index in [-0.39, 0.29) is 50.9 Å². The number of aryl methyl sites for hydroxylation is 2. The third kappa shape index (κ3) is 14.5. The van der Waals surface area contributed by atoms with Crippen molar-refractivity contribution >= 4 is 56.9 Å². The van der Waals surface area contributed by atoms with Gasteiger partial charge in [0.05, 0.1) is 5.56 Å². The summed E-state index contributed by atoms with van der Waals surface area (Å²) in [5.74, 6) is 0.236. The zero-order chi connectivity index (χ0) is 17.6. The van der Waals surface area contributed by atoms with Gasteiger partial charge in [-0.3, -0.25) is 0 Å². The van der Waals surface area contributed by atoms with Crippen molar-refractivity contribution in [1.82, 2.24) is 0 Å². The van der Waals surface area contributed by atoms with E-state index in [1.54, 1.807) is 0 Å². The minimum atomic E-state index is -0.402. The number of carbonyl (C=O) groups excluding carboxylic acids is 1. The van der Waals surface area contributed by atoms with Gasteiger partial charge < -0.3 is 4.74 Å². The molecule has 158 valence electrons. The Labute approximate surface area is 197 Å². The first-order chi connectivity index (χ1) is 11.7. The molecule has 0 fully saturated rings. The zero-order valence-electron chi connectivity index (χ0n) is 16.8. The van der Waals surface area contributed by atoms with Crippen LogP contribution >= 0.6 is 50.9 Å². The largest absolute Gasteiger partial charge is 0.378 e. The van der Waals surface area contributed by atoms with E-state index in [2.05, 4.69) is 13.5 Å². The molecular formula is C21H37Br3NO2+. The molecule has 6 heteroatoms. The Morgan fingerprint density at radius 2 is 1.52 bits per heavy atom. The van der Waals surface area contributed by atoms with Gasteiger partial charge in [-0.05, 0) is 19.4 Å². The SMILES string of the molecule is Br.Br.Br.C=CC(=O)Oc1c(C)ccc[n+]1CCCCCCCCCCCC. The van der Waals surface area contributed by atoms with Crippen LogP contribution in [0.15, 0.2) is 31.0 Å². The standard InChI is InChI=1S/C21H34NO2.3BrH/c1-4-6-7-8-9-10-11-12-13-14-17-22-18-15-16-19(3)21(22)24-20(23)5-2;;;/h5,15-16,18H,2,4,6-14,17H2,1,3H3;3*1H/q+1;;;. The Kier molecular flexibility index (Phi) is 23.9. The van der Waals surface area contributed by atoms with Crippen molar-refractivity contribution < 1.29 is 14.1 Å². The van der Waals surface area contributed by atoms with Gasteiger partial charge in [-0.2, -0.15) is 4.57 Å². The molecule has 0 unspecified atom stereocenters. The van der Waals surface area contributed by atoms with Gasteiger partial charge in [0.25, 0.3) is 0 Å². The number of esters is 1. The van der Waals surface area contributed by atoms with Gasteiger partial charge in [-0.25, -0.2) is 4.79 Å². The van der Waals surface area contributed by atoms with Crippen molar-refractivity contribution in [3.05, 3.63) is 36.5 Å². The lowest BCUT2D eigenvalue weighted by Gasteiger charge is -2.06. The monoisotopic (exact) mass is 572 g/mol. The summed E-state index contributed by atoms with van der Waals surface area (Å²) in [5.41, 5.74) is 0.972. The molecule has 1 aromatic rings. The van der Waals surface area contributed by atoms with Crippen LogP contribution in [0.2, 0.25) is 0 Å². The number of pyridine rings is 1. The molecular weight excluding hydrogens is 538 g/mol. The molecule has 0 aliphatic rings. The second kappa shape index (κ2) is 20.5. The highest BCUT2D eigenvalue weighted by Crippen LogP contribution is 2.13. The van der Waals surface area contributed by atoms with Crippen LogP contribution < -0.4 is 9.30 Å². The third-order valence-corrected chi connectivity index (χ3v) is 4.33. The molecule has 0 saturated carbocycles. The molecule has 1 heterocycles. The van der Waals surface area contributed by atoms with E-state index in [1.165, 1.54) is 63.9 Å². The first-order valence-corrected chi connectivity index (χ1v) is 9.52. The molecule has 0 aliphatic heterocycles. The number of nitrogens with zero attached hydrogens (tertiary/aromatic N) is 1. The summed E-state index contributed by atoms with van der Waals surface area (Å²) in [6.45, 7) is 8.57. The Morgan fingerprint density at radius 1 is 1.00 bits per heavy atom. The van der Waals surface area contributed by atoms with E-state index < -0.39 is 5.97 Å². The number of carbonyl (C=O) groups is 1. The lowest BCUT2D eigenvalue weighted by atomic mass is 10.1. The van der Waals surface area contributed by atoms with Crippen LogP contribution in [0.3, 0.4) is 0 Å². The van der Waals surface area contributed by atoms with Crippen molar-refractivity contribution in [2.75, 3.05) is 0 Å². The molecule has 1 rings (SSSR count). The molecule has 0 bridgehead atoms. The van der Waals surface area contributed by atoms with Crippen LogP contribution in [0, 0.1) is 6.92 Å². The minimum Gasteiger partial charge on any atom is -0.367 e. The summed E-state index contributed by atoms with van der Waals surface area (Å²) in [7, 11) is 0. The van der Waals surface area contributed by atoms with Crippen LogP contribution in [-0.2, 0) is 11.3 Å². The van der Waals surface area contributed by atoms with Gasteiger partial charge in [0.1, 0.15) is 0 Å². The fourth-order valence-corrected chi connectivity index (χ4v) is 2.88. The molecule has 0 amide bonds. The Bertz CT molecular complexity index is 510. The topological polar surface area (TPSA) is 30.2 Å². The number of unbranched alkanes of at least 4 members (excludes halogenated alkanes) is 9. The predicted octanol–water partition coefficient (Wildman–Crippen LogP) is 7.03. The van der Waals surface area contributed by atoms with Gasteiger partial charge in [-0.15, -0.1) is 50.9 Å². The van der Waals surface area contributed by atoms with E-state index in [9.17, 15) is 4.79 Å². The fraction of sp³-hybridized carbons (Fsp3) is 0.619. The normalized spacial score (nSPS) is 9.41. The molecule has 0 radical (unpaired) electrons. The smallest absolute Gasteiger partial charge is 0.367 e. The molecule has 0 aliphatic carbocycles. The molecule has 1 aromatic heterocycles. The Morgan fingerprint density at radius 3 is 2.04 bits per heavy atom. The fourth-order valence-electron chi connectivity index (χ4n) is 2.88. The Hall–Kier alpha value is -0.200. The van der Waals surface area contributed by atoms with Crippen LogP contribution in [0.5, 0.6) is 5.88 Å². The van der Waals surface area contributed by atoms with Crippen molar-refractivity contribution in [2.24, 2.45) is 0 Å². The van der Waals surface area contributed by atoms with Crippen LogP contribution in [0.1, 0.15) is 76.7 Å². The van der Waals surface area contributed by atoms with E-state index in [1.807, 2.05) is 29.8 Å². The van der Waals surface area contributed by atoms with E-state index in [4.69, 9.17) is 4.74 Å². The van der Waals surface area contributed by atoms with Gasteiger partial charge >= 0.3 is 11.8 Å². The van der Waals surface area contributed by atoms with Crippen molar-refractivity contribution in [2.45, 2.75) is 84.6 Å². The number of rotatable bonds is 13. The maximum atomic E-state index is 11.5. The summed E-state index contributed by atoms with van der Waals surface area (Å²) < 4.78 is 7.40. The highest BCUT2D eigenvalue weighted by molar-refractivity contribution is 8.93. The maximum absolute atomic E-state index is 11.5. The van der Waals surface area contributed by atoms with Crippen molar-refractivity contribution in [1.29, 1.82) is 0 Å². The molecule has 0 N–H and O–H groups in total. The highest BCUT2D eigenvalue weighted by atomic mass is 79.9. The predicted molar refractivity (Wildman–Crippen MR) is 130 cm³/mol.